The van der Waals surface area contributed by atoms with Gasteiger partial charge in [0.2, 0.25) is 17.7 Å². The van der Waals surface area contributed by atoms with Gasteiger partial charge in [0.05, 0.1) is 11.1 Å². The van der Waals surface area contributed by atoms with Gasteiger partial charge in [0.15, 0.2) is 0 Å². The van der Waals surface area contributed by atoms with Gasteiger partial charge in [-0.05, 0) is 50.0 Å². The molecule has 8 heteroatoms. The van der Waals surface area contributed by atoms with Crippen molar-refractivity contribution in [1.29, 1.82) is 0 Å². The lowest BCUT2D eigenvalue weighted by Crippen LogP contribution is -2.59. The molecule has 2 aliphatic carbocycles. The molecule has 8 nitrogen and oxygen atoms in total. The Kier molecular flexibility index (Phi) is 8.67. The van der Waals surface area contributed by atoms with Crippen molar-refractivity contribution in [2.75, 3.05) is 19.6 Å². The van der Waals surface area contributed by atoms with Crippen molar-refractivity contribution in [3.63, 3.8) is 0 Å². The van der Waals surface area contributed by atoms with Gasteiger partial charge in [-0.1, -0.05) is 62.4 Å². The molecule has 1 aromatic carbocycles. The Morgan fingerprint density at radius 1 is 0.889 bits per heavy atom. The van der Waals surface area contributed by atoms with E-state index in [0.717, 1.165) is 63.4 Å². The summed E-state index contributed by atoms with van der Waals surface area (Å²) in [6, 6.07) is 9.05. The lowest BCUT2D eigenvalue weighted by Gasteiger charge is -2.40. The van der Waals surface area contributed by atoms with Crippen molar-refractivity contribution in [1.82, 2.24) is 15.5 Å². The molecule has 0 aromatic heterocycles. The molecule has 1 aromatic rings. The molecule has 3 fully saturated rings. The predicted molar refractivity (Wildman–Crippen MR) is 140 cm³/mol. The van der Waals surface area contributed by atoms with Gasteiger partial charge in [-0.25, -0.2) is 0 Å². The zero-order valence-corrected chi connectivity index (χ0v) is 21.5. The quantitative estimate of drug-likeness (QED) is 0.436. The van der Waals surface area contributed by atoms with Gasteiger partial charge in [0, 0.05) is 26.1 Å². The average molecular weight is 498 g/mol. The number of hydrogen-bond acceptors (Lipinski definition) is 5. The zero-order chi connectivity index (χ0) is 25.6. The first-order valence-corrected chi connectivity index (χ1v) is 13.8. The molecule has 1 aliphatic heterocycles. The summed E-state index contributed by atoms with van der Waals surface area (Å²) in [5.41, 5.74) is 12.2. The van der Waals surface area contributed by atoms with Crippen LogP contribution in [-0.4, -0.2) is 59.4 Å². The van der Waals surface area contributed by atoms with Crippen LogP contribution in [0.5, 0.6) is 0 Å². The van der Waals surface area contributed by atoms with Crippen LogP contribution >= 0.6 is 0 Å². The van der Waals surface area contributed by atoms with Crippen molar-refractivity contribution >= 4 is 17.7 Å². The van der Waals surface area contributed by atoms with Crippen LogP contribution in [-0.2, 0) is 20.8 Å². The number of benzene rings is 1. The summed E-state index contributed by atoms with van der Waals surface area (Å²) >= 11 is 0. The predicted octanol–water partition coefficient (Wildman–Crippen LogP) is 2.00. The fraction of sp³-hybridized carbons (Fsp3) is 0.679. The molecule has 36 heavy (non-hydrogen) atoms. The second kappa shape index (κ2) is 11.7. The normalized spacial score (nSPS) is 22.6. The number of nitrogens with zero attached hydrogens (tertiary/aromatic N) is 1. The van der Waals surface area contributed by atoms with E-state index in [-0.39, 0.29) is 17.7 Å². The molecule has 1 atom stereocenters. The van der Waals surface area contributed by atoms with Crippen molar-refractivity contribution < 1.29 is 14.4 Å². The second-order valence-corrected chi connectivity index (χ2v) is 11.3. The van der Waals surface area contributed by atoms with E-state index in [9.17, 15) is 14.4 Å². The number of nitrogens with one attached hydrogen (secondary N) is 2. The molecule has 0 spiro atoms. The summed E-state index contributed by atoms with van der Waals surface area (Å²) in [5, 5.41) is 6.03. The van der Waals surface area contributed by atoms with Crippen molar-refractivity contribution in [3.8, 4) is 0 Å². The maximum absolute atomic E-state index is 13.2. The first kappa shape index (κ1) is 26.6. The van der Waals surface area contributed by atoms with Gasteiger partial charge in [0.25, 0.3) is 0 Å². The third kappa shape index (κ3) is 6.45. The van der Waals surface area contributed by atoms with E-state index in [4.69, 9.17) is 11.5 Å². The Morgan fingerprint density at radius 2 is 1.47 bits per heavy atom. The third-order valence-electron chi connectivity index (χ3n) is 8.49. The Hall–Kier alpha value is -2.45. The second-order valence-electron chi connectivity index (χ2n) is 11.3. The Bertz CT molecular complexity index is 901. The fourth-order valence-corrected chi connectivity index (χ4v) is 6.01. The number of likely N-dealkylation sites (tertiary alicyclic amines) is 1. The molecule has 3 aliphatic rings. The first-order valence-electron chi connectivity index (χ1n) is 13.8. The fourth-order valence-electron chi connectivity index (χ4n) is 6.01. The Balaban J connectivity index is 1.30. The molecular formula is C28H43N5O3. The first-order chi connectivity index (χ1) is 17.3. The van der Waals surface area contributed by atoms with E-state index in [0.29, 0.717) is 44.8 Å². The van der Waals surface area contributed by atoms with Gasteiger partial charge in [-0.15, -0.1) is 0 Å². The van der Waals surface area contributed by atoms with E-state index < -0.39 is 17.1 Å². The van der Waals surface area contributed by atoms with E-state index in [2.05, 4.69) is 10.6 Å². The van der Waals surface area contributed by atoms with Crippen LogP contribution < -0.4 is 22.1 Å². The van der Waals surface area contributed by atoms with Crippen LogP contribution in [0.1, 0.15) is 76.2 Å². The number of rotatable bonds is 8. The number of carbonyl (C=O) groups is 3. The van der Waals surface area contributed by atoms with Crippen molar-refractivity contribution in [3.05, 3.63) is 35.9 Å². The number of carbonyl (C=O) groups excluding carboxylic acids is 3. The molecule has 0 bridgehead atoms. The summed E-state index contributed by atoms with van der Waals surface area (Å²) in [6.45, 7) is 1.89. The zero-order valence-electron chi connectivity index (χ0n) is 21.5. The summed E-state index contributed by atoms with van der Waals surface area (Å²) in [4.78, 5) is 41.1. The van der Waals surface area contributed by atoms with E-state index in [1.165, 1.54) is 0 Å². The van der Waals surface area contributed by atoms with Gasteiger partial charge in [0.1, 0.15) is 6.04 Å². The van der Waals surface area contributed by atoms with Crippen molar-refractivity contribution in [2.45, 2.75) is 94.2 Å². The van der Waals surface area contributed by atoms with Gasteiger partial charge >= 0.3 is 0 Å². The Labute approximate surface area is 214 Å². The molecule has 0 radical (unpaired) electrons. The van der Waals surface area contributed by atoms with Crippen LogP contribution in [0.15, 0.2) is 30.3 Å². The molecular weight excluding hydrogens is 454 g/mol. The summed E-state index contributed by atoms with van der Waals surface area (Å²) < 4.78 is 0. The molecule has 1 saturated heterocycles. The smallest absolute Gasteiger partial charge is 0.242 e. The maximum atomic E-state index is 13.2. The van der Waals surface area contributed by atoms with Gasteiger partial charge in [-0.3, -0.25) is 14.4 Å². The van der Waals surface area contributed by atoms with Crippen LogP contribution in [0.4, 0.5) is 0 Å². The monoisotopic (exact) mass is 497 g/mol. The van der Waals surface area contributed by atoms with E-state index in [1.54, 1.807) is 0 Å². The molecule has 0 unspecified atom stereocenters. The van der Waals surface area contributed by atoms with Crippen LogP contribution in [0.25, 0.3) is 0 Å². The number of nitrogens with two attached hydrogens (primary N) is 2. The molecule has 6 N–H and O–H groups in total. The Morgan fingerprint density at radius 3 is 2.11 bits per heavy atom. The van der Waals surface area contributed by atoms with Crippen LogP contribution in [0.3, 0.4) is 0 Å². The SMILES string of the molecule is NC1(C(=O)N[C@H](Cc2ccccc2)C(=O)NCC2CCN(C(=O)C3(N)CCCCC3)CC2)CCCC1. The molecule has 198 valence electrons. The standard InChI is InChI=1S/C28H43N5O3/c29-27(13-7-8-14-27)25(35)32-23(19-21-9-3-1-4-10-21)24(34)31-20-22-11-17-33(18-12-22)26(36)28(30)15-5-2-6-16-28/h1,3-4,9-10,22-23H,2,5-8,11-20,29-30H2,(H,31,34)(H,32,35)/t23-/m1/s1. The van der Waals surface area contributed by atoms with Crippen LogP contribution in [0, 0.1) is 5.92 Å². The number of piperidine rings is 1. The van der Waals surface area contributed by atoms with Crippen molar-refractivity contribution in [2.24, 2.45) is 17.4 Å². The highest BCUT2D eigenvalue weighted by Crippen LogP contribution is 2.30. The molecule has 2 saturated carbocycles. The molecule has 1 heterocycles. The van der Waals surface area contributed by atoms with E-state index in [1.807, 2.05) is 35.2 Å². The minimum Gasteiger partial charge on any atom is -0.354 e. The average Bonchev–Trinajstić information content (AvgIpc) is 3.35. The summed E-state index contributed by atoms with van der Waals surface area (Å²) in [6.07, 6.45) is 10.0. The minimum absolute atomic E-state index is 0.0953. The highest BCUT2D eigenvalue weighted by atomic mass is 16.2. The minimum atomic E-state index is -0.882. The number of hydrogen-bond donors (Lipinski definition) is 4. The number of amides is 3. The summed E-state index contributed by atoms with van der Waals surface area (Å²) in [5.74, 6) is -0.0310. The molecule has 4 rings (SSSR count). The topological polar surface area (TPSA) is 131 Å². The lowest BCUT2D eigenvalue weighted by molar-refractivity contribution is -0.139. The van der Waals surface area contributed by atoms with Gasteiger partial charge < -0.3 is 27.0 Å². The third-order valence-corrected chi connectivity index (χ3v) is 8.49. The lowest BCUT2D eigenvalue weighted by atomic mass is 9.81. The van der Waals surface area contributed by atoms with E-state index >= 15 is 0 Å². The highest BCUT2D eigenvalue weighted by Gasteiger charge is 2.40. The summed E-state index contributed by atoms with van der Waals surface area (Å²) in [7, 11) is 0. The molecule has 3 amide bonds. The van der Waals surface area contributed by atoms with Crippen LogP contribution in [0.2, 0.25) is 0 Å². The van der Waals surface area contributed by atoms with Gasteiger partial charge in [-0.2, -0.15) is 0 Å². The largest absolute Gasteiger partial charge is 0.354 e. The highest BCUT2D eigenvalue weighted by molar-refractivity contribution is 5.92. The maximum Gasteiger partial charge on any atom is 0.242 e.